The van der Waals surface area contributed by atoms with Gasteiger partial charge in [0.05, 0.1) is 11.5 Å². The molecule has 1 fully saturated rings. The van der Waals surface area contributed by atoms with Gasteiger partial charge in [-0.05, 0) is 24.3 Å². The van der Waals surface area contributed by atoms with Crippen molar-refractivity contribution in [3.63, 3.8) is 0 Å². The quantitative estimate of drug-likeness (QED) is 0.366. The van der Waals surface area contributed by atoms with Crippen molar-refractivity contribution in [2.24, 2.45) is 16.6 Å². The molecule has 0 atom stereocenters. The molecule has 102 valence electrons. The van der Waals surface area contributed by atoms with Crippen LogP contribution in [0.1, 0.15) is 24.8 Å². The highest BCUT2D eigenvalue weighted by Crippen LogP contribution is 2.24. The van der Waals surface area contributed by atoms with Gasteiger partial charge in [0.1, 0.15) is 0 Å². The lowest BCUT2D eigenvalue weighted by atomic mass is 9.85. The highest BCUT2D eigenvalue weighted by atomic mass is 16.6. The Balaban J connectivity index is 1.80. The molecule has 0 heterocycles. The Kier molecular flexibility index (Phi) is 4.33. The first-order chi connectivity index (χ1) is 9.15. The first kappa shape index (κ1) is 13.3. The van der Waals surface area contributed by atoms with Crippen molar-refractivity contribution in [2.75, 3.05) is 6.54 Å². The van der Waals surface area contributed by atoms with Gasteiger partial charge >= 0.3 is 0 Å². The molecule has 1 aromatic carbocycles. The number of nitrogens with zero attached hydrogens (tertiary/aromatic N) is 2. The Bertz CT molecular complexity index is 466. The molecule has 0 spiro atoms. The van der Waals surface area contributed by atoms with Gasteiger partial charge in [-0.1, -0.05) is 18.6 Å². The SMILES string of the molecule is NC(=NCc1ccc([N+](=O)[O-])cc1)NCC1CCC1. The predicted octanol–water partition coefficient (Wildman–Crippen LogP) is 1.80. The number of nitro benzene ring substituents is 1. The molecule has 1 aromatic rings. The summed E-state index contributed by atoms with van der Waals surface area (Å²) in [7, 11) is 0. The van der Waals surface area contributed by atoms with Crippen LogP contribution in [0.25, 0.3) is 0 Å². The normalized spacial score (nSPS) is 15.9. The lowest BCUT2D eigenvalue weighted by Gasteiger charge is -2.25. The van der Waals surface area contributed by atoms with E-state index in [1.807, 2.05) is 0 Å². The van der Waals surface area contributed by atoms with Gasteiger partial charge in [-0.2, -0.15) is 0 Å². The molecule has 0 radical (unpaired) electrons. The van der Waals surface area contributed by atoms with Crippen molar-refractivity contribution in [1.82, 2.24) is 5.32 Å². The van der Waals surface area contributed by atoms with Gasteiger partial charge in [0.25, 0.3) is 5.69 Å². The summed E-state index contributed by atoms with van der Waals surface area (Å²) in [5, 5.41) is 13.6. The van der Waals surface area contributed by atoms with Crippen LogP contribution in [0.3, 0.4) is 0 Å². The number of rotatable bonds is 5. The molecule has 0 aromatic heterocycles. The second-order valence-electron chi connectivity index (χ2n) is 4.80. The topological polar surface area (TPSA) is 93.5 Å². The third-order valence-corrected chi connectivity index (χ3v) is 3.38. The smallest absolute Gasteiger partial charge is 0.269 e. The zero-order valence-corrected chi connectivity index (χ0v) is 10.7. The third kappa shape index (κ3) is 3.94. The summed E-state index contributed by atoms with van der Waals surface area (Å²) in [6.07, 6.45) is 3.84. The van der Waals surface area contributed by atoms with Gasteiger partial charge in [0.2, 0.25) is 0 Å². The summed E-state index contributed by atoms with van der Waals surface area (Å²) in [4.78, 5) is 14.3. The van der Waals surface area contributed by atoms with Crippen LogP contribution < -0.4 is 11.1 Å². The number of aliphatic imine (C=N–C) groups is 1. The second kappa shape index (κ2) is 6.17. The predicted molar refractivity (Wildman–Crippen MR) is 73.8 cm³/mol. The molecule has 0 bridgehead atoms. The minimum absolute atomic E-state index is 0.0869. The largest absolute Gasteiger partial charge is 0.370 e. The standard InChI is InChI=1S/C13H18N4O2/c14-13(15-8-10-2-1-3-10)16-9-11-4-6-12(7-5-11)17(18)19/h4-7,10H,1-3,8-9H2,(H3,14,15,16). The molecule has 1 aliphatic rings. The Morgan fingerprint density at radius 1 is 1.42 bits per heavy atom. The monoisotopic (exact) mass is 262 g/mol. The van der Waals surface area contributed by atoms with E-state index in [0.717, 1.165) is 18.0 Å². The second-order valence-corrected chi connectivity index (χ2v) is 4.80. The van der Waals surface area contributed by atoms with Crippen molar-refractivity contribution in [1.29, 1.82) is 0 Å². The van der Waals surface area contributed by atoms with E-state index in [9.17, 15) is 10.1 Å². The van der Waals surface area contributed by atoms with E-state index in [1.165, 1.54) is 31.4 Å². The molecule has 0 unspecified atom stereocenters. The number of guanidine groups is 1. The molecule has 0 saturated heterocycles. The van der Waals surface area contributed by atoms with Gasteiger partial charge in [-0.15, -0.1) is 0 Å². The van der Waals surface area contributed by atoms with Gasteiger partial charge in [0.15, 0.2) is 5.96 Å². The van der Waals surface area contributed by atoms with Crippen LogP contribution in [0, 0.1) is 16.0 Å². The molecule has 6 heteroatoms. The Morgan fingerprint density at radius 2 is 2.11 bits per heavy atom. The Hall–Kier alpha value is -2.11. The summed E-state index contributed by atoms with van der Waals surface area (Å²) >= 11 is 0. The summed E-state index contributed by atoms with van der Waals surface area (Å²) in [6.45, 7) is 1.32. The molecule has 0 amide bonds. The molecular weight excluding hydrogens is 244 g/mol. The lowest BCUT2D eigenvalue weighted by molar-refractivity contribution is -0.384. The third-order valence-electron chi connectivity index (χ3n) is 3.38. The van der Waals surface area contributed by atoms with E-state index >= 15 is 0 Å². The van der Waals surface area contributed by atoms with E-state index in [2.05, 4.69) is 10.3 Å². The van der Waals surface area contributed by atoms with Crippen LogP contribution in [0.5, 0.6) is 0 Å². The van der Waals surface area contributed by atoms with E-state index < -0.39 is 4.92 Å². The molecule has 0 aliphatic heterocycles. The first-order valence-electron chi connectivity index (χ1n) is 6.42. The molecule has 6 nitrogen and oxygen atoms in total. The zero-order chi connectivity index (χ0) is 13.7. The van der Waals surface area contributed by atoms with Crippen LogP contribution in [-0.4, -0.2) is 17.4 Å². The Labute approximate surface area is 111 Å². The zero-order valence-electron chi connectivity index (χ0n) is 10.7. The van der Waals surface area contributed by atoms with Crippen LogP contribution in [0.4, 0.5) is 5.69 Å². The summed E-state index contributed by atoms with van der Waals surface area (Å²) in [6, 6.07) is 6.34. The molecule has 1 saturated carbocycles. The minimum atomic E-state index is -0.415. The van der Waals surface area contributed by atoms with E-state index in [-0.39, 0.29) is 5.69 Å². The number of nitrogens with two attached hydrogens (primary N) is 1. The highest BCUT2D eigenvalue weighted by Gasteiger charge is 2.16. The lowest BCUT2D eigenvalue weighted by Crippen LogP contribution is -2.37. The van der Waals surface area contributed by atoms with Crippen molar-refractivity contribution in [3.8, 4) is 0 Å². The fraction of sp³-hybridized carbons (Fsp3) is 0.462. The van der Waals surface area contributed by atoms with Gasteiger partial charge < -0.3 is 11.1 Å². The number of hydrogen-bond donors (Lipinski definition) is 2. The van der Waals surface area contributed by atoms with Gasteiger partial charge in [-0.3, -0.25) is 10.1 Å². The Morgan fingerprint density at radius 3 is 2.63 bits per heavy atom. The fourth-order valence-corrected chi connectivity index (χ4v) is 1.90. The van der Waals surface area contributed by atoms with Crippen LogP contribution in [0.2, 0.25) is 0 Å². The van der Waals surface area contributed by atoms with Crippen LogP contribution in [-0.2, 0) is 6.54 Å². The van der Waals surface area contributed by atoms with Crippen LogP contribution >= 0.6 is 0 Å². The maximum atomic E-state index is 10.5. The molecular formula is C13H18N4O2. The van der Waals surface area contributed by atoms with E-state index in [1.54, 1.807) is 12.1 Å². The van der Waals surface area contributed by atoms with Crippen molar-refractivity contribution in [3.05, 3.63) is 39.9 Å². The summed E-state index contributed by atoms with van der Waals surface area (Å²) in [5.74, 6) is 1.17. The van der Waals surface area contributed by atoms with Crippen molar-refractivity contribution in [2.45, 2.75) is 25.8 Å². The van der Waals surface area contributed by atoms with Crippen molar-refractivity contribution >= 4 is 11.6 Å². The average molecular weight is 262 g/mol. The van der Waals surface area contributed by atoms with E-state index in [0.29, 0.717) is 12.5 Å². The van der Waals surface area contributed by atoms with Crippen LogP contribution in [0.15, 0.2) is 29.3 Å². The number of non-ortho nitro benzene ring substituents is 1. The minimum Gasteiger partial charge on any atom is -0.370 e. The maximum absolute atomic E-state index is 10.5. The summed E-state index contributed by atoms with van der Waals surface area (Å²) in [5.41, 5.74) is 6.75. The molecule has 1 aliphatic carbocycles. The fourth-order valence-electron chi connectivity index (χ4n) is 1.90. The molecule has 2 rings (SSSR count). The highest BCUT2D eigenvalue weighted by molar-refractivity contribution is 5.77. The average Bonchev–Trinajstić information content (AvgIpc) is 2.35. The molecule has 19 heavy (non-hydrogen) atoms. The number of hydrogen-bond acceptors (Lipinski definition) is 3. The number of nitro groups is 1. The van der Waals surface area contributed by atoms with Gasteiger partial charge in [0, 0.05) is 18.7 Å². The van der Waals surface area contributed by atoms with Gasteiger partial charge in [-0.25, -0.2) is 4.99 Å². The molecule has 3 N–H and O–H groups in total. The number of benzene rings is 1. The number of nitrogens with one attached hydrogen (secondary N) is 1. The van der Waals surface area contributed by atoms with E-state index in [4.69, 9.17) is 5.73 Å². The van der Waals surface area contributed by atoms with Crippen molar-refractivity contribution < 1.29 is 4.92 Å². The first-order valence-corrected chi connectivity index (χ1v) is 6.42. The summed E-state index contributed by atoms with van der Waals surface area (Å²) < 4.78 is 0. The maximum Gasteiger partial charge on any atom is 0.269 e.